The fourth-order valence-electron chi connectivity index (χ4n) is 2.92. The minimum atomic E-state index is -0.231. The number of hydrogen-bond acceptors (Lipinski definition) is 5. The van der Waals surface area contributed by atoms with Crippen LogP contribution in [0.2, 0.25) is 0 Å². The number of thiazole rings is 1. The summed E-state index contributed by atoms with van der Waals surface area (Å²) in [6.45, 7) is 2.20. The second-order valence-electron chi connectivity index (χ2n) is 6.67. The first-order valence-electron chi connectivity index (χ1n) is 9.53. The summed E-state index contributed by atoms with van der Waals surface area (Å²) in [6, 6.07) is 12.0. The fraction of sp³-hybridized carbons (Fsp3) is 0.182. The minimum absolute atomic E-state index is 0.231. The van der Waals surface area contributed by atoms with Crippen molar-refractivity contribution in [2.24, 2.45) is 0 Å². The molecule has 7 heteroatoms. The number of unbranched alkanes of at least 4 members (excludes halogenated alkanes) is 1. The minimum Gasteiger partial charge on any atom is -0.298 e. The van der Waals surface area contributed by atoms with Crippen molar-refractivity contribution in [2.75, 3.05) is 5.32 Å². The molecule has 0 saturated carbocycles. The third-order valence-electron chi connectivity index (χ3n) is 4.57. The Morgan fingerprint density at radius 2 is 2.03 bits per heavy atom. The number of nitrogens with zero attached hydrogens (tertiary/aromatic N) is 4. The number of rotatable bonds is 7. The van der Waals surface area contributed by atoms with E-state index in [9.17, 15) is 4.79 Å². The van der Waals surface area contributed by atoms with Crippen LogP contribution in [0.4, 0.5) is 5.13 Å². The molecule has 0 fully saturated rings. The average Bonchev–Trinajstić information content (AvgIpc) is 3.45. The molecule has 6 nitrogen and oxygen atoms in total. The predicted octanol–water partition coefficient (Wildman–Crippen LogP) is 4.99. The third-order valence-corrected chi connectivity index (χ3v) is 5.33. The lowest BCUT2D eigenvalue weighted by atomic mass is 10.1. The van der Waals surface area contributed by atoms with Crippen molar-refractivity contribution in [1.82, 2.24) is 19.5 Å². The summed E-state index contributed by atoms with van der Waals surface area (Å²) >= 11 is 1.41. The van der Waals surface area contributed by atoms with Gasteiger partial charge in [0.2, 0.25) is 0 Å². The van der Waals surface area contributed by atoms with Crippen LogP contribution in [-0.2, 0) is 6.42 Å². The number of carbonyl (C=O) groups is 1. The highest BCUT2D eigenvalue weighted by Crippen LogP contribution is 2.26. The van der Waals surface area contributed by atoms with E-state index in [4.69, 9.17) is 0 Å². The van der Waals surface area contributed by atoms with Crippen LogP contribution in [0.25, 0.3) is 17.1 Å². The molecule has 0 spiro atoms. The number of benzene rings is 1. The third kappa shape index (κ3) is 4.57. The van der Waals surface area contributed by atoms with Gasteiger partial charge in [0.1, 0.15) is 12.1 Å². The van der Waals surface area contributed by atoms with Crippen LogP contribution in [0.3, 0.4) is 0 Å². The molecule has 4 aromatic rings. The van der Waals surface area contributed by atoms with E-state index in [-0.39, 0.29) is 5.91 Å². The van der Waals surface area contributed by atoms with Gasteiger partial charge in [-0.25, -0.2) is 15.0 Å². The summed E-state index contributed by atoms with van der Waals surface area (Å²) in [4.78, 5) is 25.4. The maximum atomic E-state index is 12.5. The average molecular weight is 404 g/mol. The molecule has 3 aromatic heterocycles. The number of pyridine rings is 1. The van der Waals surface area contributed by atoms with Crippen molar-refractivity contribution < 1.29 is 4.79 Å². The van der Waals surface area contributed by atoms with Gasteiger partial charge in [0.15, 0.2) is 5.13 Å². The molecule has 4 rings (SSSR count). The number of hydrogen-bond donors (Lipinski definition) is 1. The summed E-state index contributed by atoms with van der Waals surface area (Å²) < 4.78 is 1.78. The molecule has 0 atom stereocenters. The number of amides is 1. The molecule has 0 aliphatic rings. The second kappa shape index (κ2) is 8.79. The number of nitrogens with one attached hydrogen (secondary N) is 1. The molecule has 0 saturated heterocycles. The Bertz CT molecular complexity index is 1070. The zero-order valence-electron chi connectivity index (χ0n) is 16.1. The highest BCUT2D eigenvalue weighted by molar-refractivity contribution is 7.14. The number of imidazole rings is 1. The Balaban J connectivity index is 1.41. The molecule has 0 aliphatic heterocycles. The van der Waals surface area contributed by atoms with E-state index in [0.29, 0.717) is 16.5 Å². The van der Waals surface area contributed by atoms with Crippen molar-refractivity contribution in [3.63, 3.8) is 0 Å². The first-order valence-corrected chi connectivity index (χ1v) is 10.4. The lowest BCUT2D eigenvalue weighted by Gasteiger charge is -2.04. The van der Waals surface area contributed by atoms with Gasteiger partial charge < -0.3 is 0 Å². The van der Waals surface area contributed by atoms with E-state index < -0.39 is 0 Å². The lowest BCUT2D eigenvalue weighted by molar-refractivity contribution is 0.102. The Morgan fingerprint density at radius 1 is 1.17 bits per heavy atom. The molecule has 1 aromatic carbocycles. The zero-order chi connectivity index (χ0) is 20.1. The summed E-state index contributed by atoms with van der Waals surface area (Å²) in [7, 11) is 0. The molecule has 0 unspecified atom stereocenters. The maximum Gasteiger partial charge on any atom is 0.259 e. The van der Waals surface area contributed by atoms with Gasteiger partial charge in [-0.3, -0.25) is 14.7 Å². The van der Waals surface area contributed by atoms with Crippen LogP contribution in [0.15, 0.2) is 66.7 Å². The normalized spacial score (nSPS) is 10.8. The molecular weight excluding hydrogens is 382 g/mol. The van der Waals surface area contributed by atoms with Gasteiger partial charge in [0.05, 0.1) is 11.3 Å². The first-order chi connectivity index (χ1) is 14.2. The van der Waals surface area contributed by atoms with Crippen LogP contribution in [0.5, 0.6) is 0 Å². The maximum absolute atomic E-state index is 12.5. The Kier molecular flexibility index (Phi) is 5.76. The van der Waals surface area contributed by atoms with Gasteiger partial charge in [0, 0.05) is 29.5 Å². The molecule has 1 amide bonds. The number of carbonyl (C=O) groups excluding carboxylic acids is 1. The fourth-order valence-corrected chi connectivity index (χ4v) is 3.64. The van der Waals surface area contributed by atoms with Gasteiger partial charge >= 0.3 is 0 Å². The number of anilines is 1. The van der Waals surface area contributed by atoms with E-state index in [1.165, 1.54) is 29.7 Å². The summed E-state index contributed by atoms with van der Waals surface area (Å²) in [5.41, 5.74) is 3.73. The second-order valence-corrected chi connectivity index (χ2v) is 7.53. The first kappa shape index (κ1) is 19.0. The summed E-state index contributed by atoms with van der Waals surface area (Å²) in [6.07, 6.45) is 10.2. The highest BCUT2D eigenvalue weighted by Gasteiger charge is 2.11. The van der Waals surface area contributed by atoms with Crippen LogP contribution in [-0.4, -0.2) is 25.4 Å². The lowest BCUT2D eigenvalue weighted by Crippen LogP contribution is -2.12. The molecule has 3 heterocycles. The molecule has 0 bridgehead atoms. The molecule has 29 heavy (non-hydrogen) atoms. The predicted molar refractivity (Wildman–Crippen MR) is 115 cm³/mol. The van der Waals surface area contributed by atoms with Crippen LogP contribution >= 0.6 is 11.3 Å². The largest absolute Gasteiger partial charge is 0.298 e. The summed E-state index contributed by atoms with van der Waals surface area (Å²) in [5, 5.41) is 5.37. The SMILES string of the molecule is CCCCc1ccc(-c2csc(NC(=O)c3ccc(-n4ccnc4)nc3)n2)cc1. The van der Waals surface area contributed by atoms with Gasteiger partial charge in [-0.15, -0.1) is 11.3 Å². The van der Waals surface area contributed by atoms with Gasteiger partial charge in [-0.1, -0.05) is 37.6 Å². The Morgan fingerprint density at radius 3 is 2.72 bits per heavy atom. The van der Waals surface area contributed by atoms with Gasteiger partial charge in [-0.2, -0.15) is 0 Å². The van der Waals surface area contributed by atoms with E-state index in [2.05, 4.69) is 51.5 Å². The number of aryl methyl sites for hydroxylation is 1. The number of aromatic nitrogens is 4. The van der Waals surface area contributed by atoms with Crippen molar-refractivity contribution in [3.8, 4) is 17.1 Å². The zero-order valence-corrected chi connectivity index (χ0v) is 16.9. The summed E-state index contributed by atoms with van der Waals surface area (Å²) in [5.74, 6) is 0.475. The van der Waals surface area contributed by atoms with Crippen LogP contribution in [0.1, 0.15) is 35.7 Å². The van der Waals surface area contributed by atoms with Crippen molar-refractivity contribution in [2.45, 2.75) is 26.2 Å². The van der Waals surface area contributed by atoms with Crippen LogP contribution in [0, 0.1) is 0 Å². The van der Waals surface area contributed by atoms with Gasteiger partial charge in [-0.05, 0) is 30.5 Å². The van der Waals surface area contributed by atoms with E-state index in [1.54, 1.807) is 41.6 Å². The van der Waals surface area contributed by atoms with Crippen LogP contribution < -0.4 is 5.32 Å². The van der Waals surface area contributed by atoms with Crippen molar-refractivity contribution in [3.05, 3.63) is 77.8 Å². The van der Waals surface area contributed by atoms with Crippen molar-refractivity contribution in [1.29, 1.82) is 0 Å². The molecule has 0 radical (unpaired) electrons. The van der Waals surface area contributed by atoms with E-state index in [1.807, 2.05) is 5.38 Å². The standard InChI is InChI=1S/C22H21N5OS/c1-2-3-4-16-5-7-17(8-6-16)19-14-29-22(25-19)26-21(28)18-9-10-20(24-13-18)27-12-11-23-15-27/h5-15H,2-4H2,1H3,(H,25,26,28). The topological polar surface area (TPSA) is 72.7 Å². The van der Waals surface area contributed by atoms with Gasteiger partial charge in [0.25, 0.3) is 5.91 Å². The molecule has 1 N–H and O–H groups in total. The highest BCUT2D eigenvalue weighted by atomic mass is 32.1. The quantitative estimate of drug-likeness (QED) is 0.472. The molecular formula is C22H21N5OS. The van der Waals surface area contributed by atoms with E-state index in [0.717, 1.165) is 17.7 Å². The Labute approximate surface area is 173 Å². The van der Waals surface area contributed by atoms with E-state index >= 15 is 0 Å². The molecule has 0 aliphatic carbocycles. The Hall–Kier alpha value is -3.32. The smallest absolute Gasteiger partial charge is 0.259 e. The molecule has 146 valence electrons. The monoisotopic (exact) mass is 403 g/mol. The van der Waals surface area contributed by atoms with Crippen molar-refractivity contribution >= 4 is 22.4 Å².